The lowest BCUT2D eigenvalue weighted by atomic mass is 10.3. The quantitative estimate of drug-likeness (QED) is 0.692. The predicted octanol–water partition coefficient (Wildman–Crippen LogP) is 3.23. The van der Waals surface area contributed by atoms with E-state index in [-0.39, 0.29) is 5.75 Å². The number of hydrogen-bond acceptors (Lipinski definition) is 3. The molecule has 1 aromatic carbocycles. The number of halogens is 2. The van der Waals surface area contributed by atoms with Crippen molar-refractivity contribution in [2.75, 3.05) is 23.6 Å². The van der Waals surface area contributed by atoms with Gasteiger partial charge in [-0.1, -0.05) is 34.5 Å². The van der Waals surface area contributed by atoms with Gasteiger partial charge in [-0.25, -0.2) is 8.42 Å². The lowest BCUT2D eigenvalue weighted by molar-refractivity contribution is 0.593. The molecule has 0 aliphatic rings. The Hall–Kier alpha value is -0.300. The molecule has 7 heteroatoms. The van der Waals surface area contributed by atoms with Crippen molar-refractivity contribution in [3.63, 3.8) is 0 Å². The second-order valence-corrected chi connectivity index (χ2v) is 7.27. The zero-order chi connectivity index (χ0) is 14.3. The maximum Gasteiger partial charge on any atom is 0.232 e. The van der Waals surface area contributed by atoms with E-state index < -0.39 is 10.0 Å². The maximum atomic E-state index is 11.9. The van der Waals surface area contributed by atoms with Gasteiger partial charge in [0, 0.05) is 4.47 Å². The molecule has 0 aliphatic carbocycles. The number of unbranched alkanes of at least 4 members (excludes halogenated alkanes) is 1. The summed E-state index contributed by atoms with van der Waals surface area (Å²) < 4.78 is 27.1. The zero-order valence-corrected chi connectivity index (χ0v) is 13.9. The molecule has 0 spiro atoms. The van der Waals surface area contributed by atoms with Crippen molar-refractivity contribution in [3.8, 4) is 0 Å². The Kier molecular flexibility index (Phi) is 7.13. The van der Waals surface area contributed by atoms with E-state index in [9.17, 15) is 8.42 Å². The largest absolute Gasteiger partial charge is 0.317 e. The zero-order valence-electron chi connectivity index (χ0n) is 10.7. The molecule has 19 heavy (non-hydrogen) atoms. The normalized spacial score (nSPS) is 11.5. The first kappa shape index (κ1) is 16.8. The van der Waals surface area contributed by atoms with Crippen molar-refractivity contribution >= 4 is 43.2 Å². The van der Waals surface area contributed by atoms with Gasteiger partial charge in [0.05, 0.1) is 16.5 Å². The molecule has 4 nitrogen and oxygen atoms in total. The monoisotopic (exact) mass is 368 g/mol. The van der Waals surface area contributed by atoms with E-state index in [2.05, 4.69) is 26.0 Å². The fraction of sp³-hybridized carbons (Fsp3) is 0.500. The summed E-state index contributed by atoms with van der Waals surface area (Å²) in [5.74, 6) is 0.0984. The van der Waals surface area contributed by atoms with Gasteiger partial charge in [-0.3, -0.25) is 4.72 Å². The van der Waals surface area contributed by atoms with E-state index in [1.165, 1.54) is 0 Å². The van der Waals surface area contributed by atoms with Gasteiger partial charge < -0.3 is 5.32 Å². The third-order valence-corrected chi connectivity index (χ3v) is 4.64. The summed E-state index contributed by atoms with van der Waals surface area (Å²) in [5.41, 5.74) is 0.405. The summed E-state index contributed by atoms with van der Waals surface area (Å²) in [5, 5.41) is 3.55. The number of anilines is 1. The topological polar surface area (TPSA) is 58.2 Å². The molecule has 2 N–H and O–H groups in total. The van der Waals surface area contributed by atoms with Gasteiger partial charge in [-0.05, 0) is 44.1 Å². The molecule has 0 aromatic heterocycles. The summed E-state index contributed by atoms with van der Waals surface area (Å²) in [4.78, 5) is 0. The molecular formula is C12H18BrClN2O2S. The predicted molar refractivity (Wildman–Crippen MR) is 84.3 cm³/mol. The molecule has 0 aliphatic heterocycles. The Morgan fingerprint density at radius 2 is 2.05 bits per heavy atom. The van der Waals surface area contributed by atoms with Crippen LogP contribution in [0.4, 0.5) is 5.69 Å². The van der Waals surface area contributed by atoms with Gasteiger partial charge in [0.25, 0.3) is 0 Å². The van der Waals surface area contributed by atoms with Crippen molar-refractivity contribution < 1.29 is 8.42 Å². The molecule has 0 amide bonds. The molecule has 0 saturated carbocycles. The van der Waals surface area contributed by atoms with Gasteiger partial charge in [0.2, 0.25) is 10.0 Å². The van der Waals surface area contributed by atoms with Crippen molar-refractivity contribution in [1.29, 1.82) is 0 Å². The van der Waals surface area contributed by atoms with Crippen molar-refractivity contribution in [2.45, 2.75) is 19.8 Å². The Balaban J connectivity index is 2.52. The van der Waals surface area contributed by atoms with Crippen molar-refractivity contribution in [2.24, 2.45) is 0 Å². The number of nitrogens with one attached hydrogen (secondary N) is 2. The molecule has 0 fully saturated rings. The average molecular weight is 370 g/mol. The van der Waals surface area contributed by atoms with Gasteiger partial charge in [-0.2, -0.15) is 0 Å². The Labute approximate surface area is 128 Å². The number of sulfonamides is 1. The Bertz CT molecular complexity index is 508. The molecule has 0 saturated heterocycles. The van der Waals surface area contributed by atoms with Crippen LogP contribution in [0.1, 0.15) is 19.8 Å². The molecule has 0 atom stereocenters. The second-order valence-electron chi connectivity index (χ2n) is 4.11. The fourth-order valence-electron chi connectivity index (χ4n) is 1.51. The maximum absolute atomic E-state index is 11.9. The lowest BCUT2D eigenvalue weighted by Gasteiger charge is -2.10. The van der Waals surface area contributed by atoms with Crippen LogP contribution in [0, 0.1) is 0 Å². The summed E-state index contributed by atoms with van der Waals surface area (Å²) in [6.45, 7) is 3.76. The number of rotatable bonds is 8. The van der Waals surface area contributed by atoms with Gasteiger partial charge in [0.15, 0.2) is 0 Å². The molecule has 1 rings (SSSR count). The summed E-state index contributed by atoms with van der Waals surface area (Å²) in [7, 11) is -3.34. The molecule has 108 valence electrons. The first-order valence-corrected chi connectivity index (χ1v) is 8.93. The van der Waals surface area contributed by atoms with Gasteiger partial charge in [0.1, 0.15) is 0 Å². The molecule has 0 unspecified atom stereocenters. The lowest BCUT2D eigenvalue weighted by Crippen LogP contribution is -2.19. The fourth-order valence-corrected chi connectivity index (χ4v) is 3.29. The van der Waals surface area contributed by atoms with E-state index in [1.807, 2.05) is 6.92 Å². The van der Waals surface area contributed by atoms with E-state index in [0.717, 1.165) is 24.0 Å². The second kappa shape index (κ2) is 8.09. The summed E-state index contributed by atoms with van der Waals surface area (Å²) >= 11 is 9.23. The SMILES string of the molecule is CCNCCCCS(=O)(=O)Nc1cc(Br)ccc1Cl. The van der Waals surface area contributed by atoms with E-state index in [4.69, 9.17) is 11.6 Å². The summed E-state index contributed by atoms with van der Waals surface area (Å²) in [6, 6.07) is 5.06. The van der Waals surface area contributed by atoms with Crippen LogP contribution in [-0.2, 0) is 10.0 Å². The number of hydrogen-bond donors (Lipinski definition) is 2. The van der Waals surface area contributed by atoms with Crippen molar-refractivity contribution in [1.82, 2.24) is 5.32 Å². The van der Waals surface area contributed by atoms with Gasteiger partial charge >= 0.3 is 0 Å². The standard InChI is InChI=1S/C12H18BrClN2O2S/c1-2-15-7-3-4-8-19(17,18)16-12-9-10(13)5-6-11(12)14/h5-6,9,15-16H,2-4,7-8H2,1H3. The van der Waals surface area contributed by atoms with Crippen LogP contribution < -0.4 is 10.0 Å². The van der Waals surface area contributed by atoms with Crippen LogP contribution in [0.25, 0.3) is 0 Å². The molecule has 0 radical (unpaired) electrons. The minimum absolute atomic E-state index is 0.0984. The van der Waals surface area contributed by atoms with E-state index in [1.54, 1.807) is 18.2 Å². The average Bonchev–Trinajstić information content (AvgIpc) is 2.33. The minimum atomic E-state index is -3.34. The van der Waals surface area contributed by atoms with Gasteiger partial charge in [-0.15, -0.1) is 0 Å². The minimum Gasteiger partial charge on any atom is -0.317 e. The van der Waals surface area contributed by atoms with Crippen LogP contribution in [-0.4, -0.2) is 27.3 Å². The van der Waals surface area contributed by atoms with Crippen LogP contribution >= 0.6 is 27.5 Å². The van der Waals surface area contributed by atoms with Crippen LogP contribution in [0.5, 0.6) is 0 Å². The van der Waals surface area contributed by atoms with E-state index in [0.29, 0.717) is 17.1 Å². The first-order valence-electron chi connectivity index (χ1n) is 6.11. The Morgan fingerprint density at radius 1 is 1.32 bits per heavy atom. The van der Waals surface area contributed by atoms with Crippen LogP contribution in [0.2, 0.25) is 5.02 Å². The highest BCUT2D eigenvalue weighted by Gasteiger charge is 2.12. The Morgan fingerprint density at radius 3 is 2.74 bits per heavy atom. The molecule has 0 bridgehead atoms. The highest BCUT2D eigenvalue weighted by molar-refractivity contribution is 9.10. The molecule has 0 heterocycles. The third kappa shape index (κ3) is 6.61. The van der Waals surface area contributed by atoms with Crippen LogP contribution in [0.15, 0.2) is 22.7 Å². The first-order chi connectivity index (χ1) is 8.94. The van der Waals surface area contributed by atoms with Crippen molar-refractivity contribution in [3.05, 3.63) is 27.7 Å². The van der Waals surface area contributed by atoms with Crippen LogP contribution in [0.3, 0.4) is 0 Å². The highest BCUT2D eigenvalue weighted by Crippen LogP contribution is 2.26. The smallest absolute Gasteiger partial charge is 0.232 e. The molecular weight excluding hydrogens is 352 g/mol. The van der Waals surface area contributed by atoms with E-state index >= 15 is 0 Å². The highest BCUT2D eigenvalue weighted by atomic mass is 79.9. The summed E-state index contributed by atoms with van der Waals surface area (Å²) in [6.07, 6.45) is 1.45. The third-order valence-electron chi connectivity index (χ3n) is 2.46. The molecule has 1 aromatic rings. The number of benzene rings is 1.